The van der Waals surface area contributed by atoms with Crippen LogP contribution in [0, 0.1) is 32.1 Å². The van der Waals surface area contributed by atoms with Crippen molar-refractivity contribution in [1.29, 1.82) is 5.26 Å². The second kappa shape index (κ2) is 8.76. The maximum Gasteiger partial charge on any atom is 0.149 e. The van der Waals surface area contributed by atoms with Crippen LogP contribution >= 0.6 is 0 Å². The van der Waals surface area contributed by atoms with Gasteiger partial charge in [-0.1, -0.05) is 6.07 Å². The highest BCUT2D eigenvalue weighted by atomic mass is 15.1. The number of aromatic amines is 1. The topological polar surface area (TPSA) is 60.6 Å². The number of aromatic nitrogens is 3. The largest absolute Gasteiger partial charge is 0.372 e. The fourth-order valence-electron chi connectivity index (χ4n) is 4.29. The third kappa shape index (κ3) is 3.92. The Balaban J connectivity index is 1.71. The molecule has 5 nitrogen and oxygen atoms in total. The summed E-state index contributed by atoms with van der Waals surface area (Å²) in [5.41, 5.74) is 9.08. The predicted octanol–water partition coefficient (Wildman–Crippen LogP) is 6.19. The number of allylic oxidation sites excluding steroid dienone is 1. The highest BCUT2D eigenvalue weighted by Gasteiger charge is 2.13. The van der Waals surface area contributed by atoms with Gasteiger partial charge < -0.3 is 14.5 Å². The van der Waals surface area contributed by atoms with Gasteiger partial charge in [0, 0.05) is 35.9 Å². The first kappa shape index (κ1) is 21.5. The smallest absolute Gasteiger partial charge is 0.149 e. The second-order valence-corrected chi connectivity index (χ2v) is 8.13. The van der Waals surface area contributed by atoms with E-state index >= 15 is 0 Å². The number of imidazole rings is 1. The summed E-state index contributed by atoms with van der Waals surface area (Å²) in [5, 5.41) is 9.84. The summed E-state index contributed by atoms with van der Waals surface area (Å²) in [7, 11) is 0. The van der Waals surface area contributed by atoms with E-state index in [0.717, 1.165) is 52.3 Å². The minimum atomic E-state index is 0.524. The second-order valence-electron chi connectivity index (χ2n) is 8.13. The van der Waals surface area contributed by atoms with Crippen molar-refractivity contribution in [2.45, 2.75) is 34.6 Å². The molecular formula is C27H29N5. The van der Waals surface area contributed by atoms with E-state index in [1.54, 1.807) is 0 Å². The maximum atomic E-state index is 9.84. The van der Waals surface area contributed by atoms with Crippen molar-refractivity contribution in [2.75, 3.05) is 18.0 Å². The molecule has 2 aromatic heterocycles. The van der Waals surface area contributed by atoms with Gasteiger partial charge in [0.25, 0.3) is 0 Å². The van der Waals surface area contributed by atoms with Gasteiger partial charge in [-0.25, -0.2) is 4.98 Å². The van der Waals surface area contributed by atoms with Gasteiger partial charge in [-0.05, 0) is 94.3 Å². The molecule has 0 spiro atoms. The molecule has 0 atom stereocenters. The zero-order valence-electron chi connectivity index (χ0n) is 19.4. The first-order chi connectivity index (χ1) is 15.4. The monoisotopic (exact) mass is 423 g/mol. The van der Waals surface area contributed by atoms with Crippen LogP contribution in [0.4, 0.5) is 5.69 Å². The Bertz CT molecular complexity index is 1330. The number of anilines is 1. The molecule has 5 heteroatoms. The quantitative estimate of drug-likeness (QED) is 0.376. The molecule has 0 saturated carbocycles. The van der Waals surface area contributed by atoms with E-state index in [0.29, 0.717) is 11.4 Å². The Labute approximate surface area is 189 Å². The van der Waals surface area contributed by atoms with E-state index < -0.39 is 0 Å². The SMILES string of the molecule is CCN(CC)c1ccc(-n2c(C)cc(/C=C(/C#N)c3nc4ccc(C)cc4[nH]3)c2C)cc1. The molecular weight excluding hydrogens is 394 g/mol. The molecule has 0 aliphatic rings. The molecule has 1 N–H and O–H groups in total. The van der Waals surface area contributed by atoms with Crippen LogP contribution in [0.25, 0.3) is 28.4 Å². The van der Waals surface area contributed by atoms with Gasteiger partial charge in [0.2, 0.25) is 0 Å². The summed E-state index contributed by atoms with van der Waals surface area (Å²) in [6.07, 6.45) is 1.92. The normalized spacial score (nSPS) is 11.7. The number of hydrogen-bond donors (Lipinski definition) is 1. The zero-order chi connectivity index (χ0) is 22.8. The van der Waals surface area contributed by atoms with Crippen LogP contribution in [0.2, 0.25) is 0 Å². The lowest BCUT2D eigenvalue weighted by Gasteiger charge is -2.21. The van der Waals surface area contributed by atoms with E-state index in [-0.39, 0.29) is 0 Å². The van der Waals surface area contributed by atoms with Gasteiger partial charge >= 0.3 is 0 Å². The molecule has 162 valence electrons. The summed E-state index contributed by atoms with van der Waals surface area (Å²) in [4.78, 5) is 10.3. The summed E-state index contributed by atoms with van der Waals surface area (Å²) < 4.78 is 2.23. The Morgan fingerprint density at radius 2 is 1.78 bits per heavy atom. The van der Waals surface area contributed by atoms with Crippen molar-refractivity contribution in [2.24, 2.45) is 0 Å². The highest BCUT2D eigenvalue weighted by molar-refractivity contribution is 5.91. The number of rotatable bonds is 6. The summed E-state index contributed by atoms with van der Waals surface area (Å²) in [5.74, 6) is 0.599. The Hall–Kier alpha value is -3.78. The van der Waals surface area contributed by atoms with Crippen molar-refractivity contribution < 1.29 is 0 Å². The average molecular weight is 424 g/mol. The number of nitriles is 1. The van der Waals surface area contributed by atoms with Crippen molar-refractivity contribution >= 4 is 28.4 Å². The summed E-state index contributed by atoms with van der Waals surface area (Å²) >= 11 is 0. The van der Waals surface area contributed by atoms with Gasteiger partial charge in [-0.2, -0.15) is 5.26 Å². The summed E-state index contributed by atoms with van der Waals surface area (Å²) in [6.45, 7) is 12.6. The van der Waals surface area contributed by atoms with Crippen LogP contribution < -0.4 is 4.90 Å². The number of benzene rings is 2. The molecule has 2 aromatic carbocycles. The fraction of sp³-hybridized carbons (Fsp3) is 0.259. The van der Waals surface area contributed by atoms with Crippen molar-refractivity contribution in [3.05, 3.63) is 76.9 Å². The van der Waals surface area contributed by atoms with Crippen LogP contribution in [0.5, 0.6) is 0 Å². The first-order valence-electron chi connectivity index (χ1n) is 11.1. The zero-order valence-corrected chi connectivity index (χ0v) is 19.4. The van der Waals surface area contributed by atoms with Crippen LogP contribution in [0.3, 0.4) is 0 Å². The molecule has 0 radical (unpaired) electrons. The molecule has 0 saturated heterocycles. The standard InChI is InChI=1S/C27H29N5/c1-6-31(7-2)23-9-11-24(12-10-23)32-19(4)15-21(20(32)5)16-22(17-28)27-29-25-13-8-18(3)14-26(25)30-27/h8-16H,6-7H2,1-5H3,(H,29,30)/b22-16-. The third-order valence-electron chi connectivity index (χ3n) is 6.02. The van der Waals surface area contributed by atoms with Crippen molar-refractivity contribution in [3.8, 4) is 11.8 Å². The maximum absolute atomic E-state index is 9.84. The van der Waals surface area contributed by atoms with Crippen LogP contribution in [-0.2, 0) is 0 Å². The van der Waals surface area contributed by atoms with Gasteiger partial charge in [0.05, 0.1) is 16.6 Å². The number of nitrogens with one attached hydrogen (secondary N) is 1. The van der Waals surface area contributed by atoms with E-state index in [9.17, 15) is 5.26 Å². The molecule has 0 bridgehead atoms. The third-order valence-corrected chi connectivity index (χ3v) is 6.02. The molecule has 0 unspecified atom stereocenters. The minimum absolute atomic E-state index is 0.524. The lowest BCUT2D eigenvalue weighted by molar-refractivity contribution is 0.865. The van der Waals surface area contributed by atoms with Crippen molar-refractivity contribution in [3.63, 3.8) is 0 Å². The first-order valence-corrected chi connectivity index (χ1v) is 11.1. The molecule has 4 aromatic rings. The number of hydrogen-bond acceptors (Lipinski definition) is 3. The van der Waals surface area contributed by atoms with Crippen LogP contribution in [-0.4, -0.2) is 27.6 Å². The lowest BCUT2D eigenvalue weighted by Crippen LogP contribution is -2.21. The van der Waals surface area contributed by atoms with Gasteiger partial charge in [0.1, 0.15) is 11.9 Å². The van der Waals surface area contributed by atoms with Gasteiger partial charge in [-0.3, -0.25) is 0 Å². The number of fused-ring (bicyclic) bond motifs is 1. The number of aryl methyl sites for hydroxylation is 2. The van der Waals surface area contributed by atoms with Gasteiger partial charge in [-0.15, -0.1) is 0 Å². The Morgan fingerprint density at radius 3 is 2.44 bits per heavy atom. The molecule has 0 aliphatic heterocycles. The van der Waals surface area contributed by atoms with E-state index in [4.69, 9.17) is 0 Å². The van der Waals surface area contributed by atoms with Gasteiger partial charge in [0.15, 0.2) is 0 Å². The molecule has 0 aliphatic carbocycles. The molecule has 32 heavy (non-hydrogen) atoms. The summed E-state index contributed by atoms with van der Waals surface area (Å²) in [6, 6.07) is 19.2. The van der Waals surface area contributed by atoms with Crippen LogP contribution in [0.15, 0.2) is 48.5 Å². The van der Waals surface area contributed by atoms with Crippen molar-refractivity contribution in [1.82, 2.24) is 14.5 Å². The highest BCUT2D eigenvalue weighted by Crippen LogP contribution is 2.27. The molecule has 0 amide bonds. The molecule has 2 heterocycles. The van der Waals surface area contributed by atoms with E-state index in [2.05, 4.69) is 89.6 Å². The number of nitrogens with zero attached hydrogens (tertiary/aromatic N) is 4. The van der Waals surface area contributed by atoms with Crippen LogP contribution in [0.1, 0.15) is 42.2 Å². The Morgan fingerprint density at radius 1 is 1.06 bits per heavy atom. The number of H-pyrrole nitrogens is 1. The Kier molecular flexibility index (Phi) is 5.87. The molecule has 0 fully saturated rings. The van der Waals surface area contributed by atoms with E-state index in [1.165, 1.54) is 5.69 Å². The van der Waals surface area contributed by atoms with E-state index in [1.807, 2.05) is 25.1 Å². The minimum Gasteiger partial charge on any atom is -0.372 e. The lowest BCUT2D eigenvalue weighted by atomic mass is 10.1. The molecule has 4 rings (SSSR count). The fourth-order valence-corrected chi connectivity index (χ4v) is 4.29. The average Bonchev–Trinajstić information content (AvgIpc) is 3.33. The predicted molar refractivity (Wildman–Crippen MR) is 133 cm³/mol.